The number of amides is 2. The number of hydrogen-bond acceptors (Lipinski definition) is 3. The highest BCUT2D eigenvalue weighted by atomic mass is 19.1. The van der Waals surface area contributed by atoms with Crippen LogP contribution in [0.2, 0.25) is 0 Å². The molecule has 0 radical (unpaired) electrons. The molecule has 1 aromatic carbocycles. The molecule has 23 heavy (non-hydrogen) atoms. The van der Waals surface area contributed by atoms with Crippen molar-refractivity contribution in [3.8, 4) is 0 Å². The van der Waals surface area contributed by atoms with Crippen molar-refractivity contribution in [2.75, 3.05) is 13.1 Å². The summed E-state index contributed by atoms with van der Waals surface area (Å²) < 4.78 is 12.9. The normalized spacial score (nSPS) is 17.2. The van der Waals surface area contributed by atoms with Crippen LogP contribution in [0.3, 0.4) is 0 Å². The smallest absolute Gasteiger partial charge is 0.222 e. The molecule has 0 aliphatic carbocycles. The molecule has 6 heteroatoms. The maximum absolute atomic E-state index is 12.9. The van der Waals surface area contributed by atoms with E-state index in [1.165, 1.54) is 24.3 Å². The van der Waals surface area contributed by atoms with Crippen LogP contribution in [-0.4, -0.2) is 41.0 Å². The molecule has 2 amide bonds. The van der Waals surface area contributed by atoms with Crippen LogP contribution in [0.5, 0.6) is 0 Å². The lowest BCUT2D eigenvalue weighted by molar-refractivity contribution is -0.128. The van der Waals surface area contributed by atoms with Crippen LogP contribution in [0, 0.1) is 5.82 Å². The predicted molar refractivity (Wildman–Crippen MR) is 84.0 cm³/mol. The molecule has 1 fully saturated rings. The van der Waals surface area contributed by atoms with Gasteiger partial charge in [0, 0.05) is 32.0 Å². The van der Waals surface area contributed by atoms with Crippen LogP contribution >= 0.6 is 0 Å². The number of likely N-dealkylation sites (tertiary alicyclic amines) is 1. The lowest BCUT2D eigenvalue weighted by atomic mass is 10.0. The summed E-state index contributed by atoms with van der Waals surface area (Å²) in [4.78, 5) is 25.1. The lowest BCUT2D eigenvalue weighted by Gasteiger charge is -2.19. The van der Waals surface area contributed by atoms with Crippen molar-refractivity contribution < 1.29 is 19.1 Å². The second-order valence-electron chi connectivity index (χ2n) is 6.01. The van der Waals surface area contributed by atoms with Gasteiger partial charge in [-0.3, -0.25) is 9.59 Å². The van der Waals surface area contributed by atoms with Crippen LogP contribution in [0.25, 0.3) is 0 Å². The molecule has 1 heterocycles. The van der Waals surface area contributed by atoms with E-state index in [9.17, 15) is 19.1 Å². The van der Waals surface area contributed by atoms with Gasteiger partial charge in [-0.05, 0) is 37.5 Å². The number of rotatable bonds is 7. The van der Waals surface area contributed by atoms with Crippen LogP contribution < -0.4 is 5.32 Å². The summed E-state index contributed by atoms with van der Waals surface area (Å²) in [5.74, 6) is -0.375. The number of benzene rings is 1. The van der Waals surface area contributed by atoms with Crippen molar-refractivity contribution in [3.63, 3.8) is 0 Å². The summed E-state index contributed by atoms with van der Waals surface area (Å²) in [5.41, 5.74) is 0.621. The van der Waals surface area contributed by atoms with Crippen LogP contribution in [-0.2, 0) is 9.59 Å². The SMILES string of the molecule is CC(CC(O)c1ccc(F)cc1)NC(=O)CCN1CCCC1=O. The van der Waals surface area contributed by atoms with Crippen molar-refractivity contribution in [3.05, 3.63) is 35.6 Å². The van der Waals surface area contributed by atoms with Crippen molar-refractivity contribution in [2.24, 2.45) is 0 Å². The van der Waals surface area contributed by atoms with E-state index in [-0.39, 0.29) is 30.1 Å². The Morgan fingerprint density at radius 1 is 1.39 bits per heavy atom. The van der Waals surface area contributed by atoms with Crippen LogP contribution in [0.15, 0.2) is 24.3 Å². The number of halogens is 1. The van der Waals surface area contributed by atoms with Crippen molar-refractivity contribution in [1.82, 2.24) is 10.2 Å². The Morgan fingerprint density at radius 3 is 2.70 bits per heavy atom. The Bertz CT molecular complexity index is 547. The maximum Gasteiger partial charge on any atom is 0.222 e. The van der Waals surface area contributed by atoms with Gasteiger partial charge in [-0.25, -0.2) is 4.39 Å². The van der Waals surface area contributed by atoms with Crippen molar-refractivity contribution in [2.45, 2.75) is 44.8 Å². The zero-order valence-electron chi connectivity index (χ0n) is 13.3. The molecular formula is C17H23FN2O3. The molecule has 1 aliphatic heterocycles. The van der Waals surface area contributed by atoms with Gasteiger partial charge >= 0.3 is 0 Å². The number of aliphatic hydroxyl groups is 1. The fraction of sp³-hybridized carbons (Fsp3) is 0.529. The van der Waals surface area contributed by atoms with Gasteiger partial charge in [-0.2, -0.15) is 0 Å². The van der Waals surface area contributed by atoms with Gasteiger partial charge < -0.3 is 15.3 Å². The van der Waals surface area contributed by atoms with Gasteiger partial charge in [0.25, 0.3) is 0 Å². The summed E-state index contributed by atoms with van der Waals surface area (Å²) in [6, 6.07) is 5.46. The van der Waals surface area contributed by atoms with E-state index < -0.39 is 6.10 Å². The van der Waals surface area contributed by atoms with Gasteiger partial charge in [0.05, 0.1) is 6.10 Å². The number of nitrogens with one attached hydrogen (secondary N) is 1. The van der Waals surface area contributed by atoms with Gasteiger partial charge in [-0.1, -0.05) is 12.1 Å². The van der Waals surface area contributed by atoms with E-state index >= 15 is 0 Å². The first kappa shape index (κ1) is 17.4. The average Bonchev–Trinajstić information content (AvgIpc) is 2.91. The second-order valence-corrected chi connectivity index (χ2v) is 6.01. The molecule has 1 saturated heterocycles. The summed E-state index contributed by atoms with van der Waals surface area (Å²) in [6.07, 6.45) is 1.29. The first-order chi connectivity index (χ1) is 11.0. The van der Waals surface area contributed by atoms with Gasteiger partial charge in [0.1, 0.15) is 5.82 Å². The summed E-state index contributed by atoms with van der Waals surface area (Å²) in [6.45, 7) is 2.98. The topological polar surface area (TPSA) is 69.6 Å². The van der Waals surface area contributed by atoms with Gasteiger partial charge in [0.15, 0.2) is 0 Å². The van der Waals surface area contributed by atoms with E-state index in [1.54, 1.807) is 4.90 Å². The number of carbonyl (C=O) groups excluding carboxylic acids is 2. The number of hydrogen-bond donors (Lipinski definition) is 2. The highest BCUT2D eigenvalue weighted by molar-refractivity contribution is 5.80. The fourth-order valence-corrected chi connectivity index (χ4v) is 2.74. The number of aliphatic hydroxyl groups excluding tert-OH is 1. The Labute approximate surface area is 135 Å². The number of carbonyl (C=O) groups is 2. The zero-order chi connectivity index (χ0) is 16.8. The molecule has 5 nitrogen and oxygen atoms in total. The Hall–Kier alpha value is -1.95. The first-order valence-corrected chi connectivity index (χ1v) is 7.96. The Kier molecular flexibility index (Phi) is 6.10. The van der Waals surface area contributed by atoms with E-state index in [0.29, 0.717) is 24.9 Å². The van der Waals surface area contributed by atoms with Crippen molar-refractivity contribution >= 4 is 11.8 Å². The predicted octanol–water partition coefficient (Wildman–Crippen LogP) is 1.77. The minimum atomic E-state index is -0.758. The molecule has 0 bridgehead atoms. The molecule has 126 valence electrons. The Balaban J connectivity index is 1.72. The highest BCUT2D eigenvalue weighted by Crippen LogP contribution is 2.18. The van der Waals surface area contributed by atoms with E-state index in [1.807, 2.05) is 6.92 Å². The van der Waals surface area contributed by atoms with E-state index in [2.05, 4.69) is 5.32 Å². The molecule has 2 N–H and O–H groups in total. The lowest BCUT2D eigenvalue weighted by Crippen LogP contribution is -2.36. The fourth-order valence-electron chi connectivity index (χ4n) is 2.74. The maximum atomic E-state index is 12.9. The average molecular weight is 322 g/mol. The molecule has 1 aromatic rings. The monoisotopic (exact) mass is 322 g/mol. The van der Waals surface area contributed by atoms with Crippen LogP contribution in [0.1, 0.15) is 44.3 Å². The molecule has 2 atom stereocenters. The third-order valence-corrected chi connectivity index (χ3v) is 4.02. The molecular weight excluding hydrogens is 299 g/mol. The zero-order valence-corrected chi connectivity index (χ0v) is 13.3. The van der Waals surface area contributed by atoms with E-state index in [0.717, 1.165) is 13.0 Å². The second kappa shape index (κ2) is 8.06. The largest absolute Gasteiger partial charge is 0.388 e. The van der Waals surface area contributed by atoms with Crippen LogP contribution in [0.4, 0.5) is 4.39 Å². The van der Waals surface area contributed by atoms with E-state index in [4.69, 9.17) is 0 Å². The number of nitrogens with zero attached hydrogens (tertiary/aromatic N) is 1. The first-order valence-electron chi connectivity index (χ1n) is 7.96. The molecule has 0 aromatic heterocycles. The molecule has 1 aliphatic rings. The third-order valence-electron chi connectivity index (χ3n) is 4.02. The minimum absolute atomic E-state index is 0.109. The molecule has 2 unspecified atom stereocenters. The van der Waals surface area contributed by atoms with Gasteiger partial charge in [0.2, 0.25) is 11.8 Å². The molecule has 0 spiro atoms. The standard InChI is InChI=1S/C17H23FN2O3/c1-12(11-15(21)13-4-6-14(18)7-5-13)19-16(22)8-10-20-9-2-3-17(20)23/h4-7,12,15,21H,2-3,8-11H2,1H3,(H,19,22). The summed E-state index contributed by atoms with van der Waals surface area (Å²) in [5, 5.41) is 12.9. The molecule has 0 saturated carbocycles. The quantitative estimate of drug-likeness (QED) is 0.804. The summed E-state index contributed by atoms with van der Waals surface area (Å²) >= 11 is 0. The van der Waals surface area contributed by atoms with Gasteiger partial charge in [-0.15, -0.1) is 0 Å². The van der Waals surface area contributed by atoms with Crippen molar-refractivity contribution in [1.29, 1.82) is 0 Å². The molecule has 2 rings (SSSR count). The minimum Gasteiger partial charge on any atom is -0.388 e. The third kappa shape index (κ3) is 5.32. The summed E-state index contributed by atoms with van der Waals surface area (Å²) in [7, 11) is 0. The highest BCUT2D eigenvalue weighted by Gasteiger charge is 2.21. The Morgan fingerprint density at radius 2 is 2.09 bits per heavy atom.